The first kappa shape index (κ1) is 13.0. The van der Waals surface area contributed by atoms with Gasteiger partial charge in [0.05, 0.1) is 18.2 Å². The molecule has 0 unspecified atom stereocenters. The average Bonchev–Trinajstić information content (AvgIpc) is 2.65. The molecule has 0 aliphatic rings. The average molecular weight is 267 g/mol. The van der Waals surface area contributed by atoms with Gasteiger partial charge in [-0.1, -0.05) is 0 Å². The van der Waals surface area contributed by atoms with E-state index in [1.807, 2.05) is 31.5 Å². The smallest absolute Gasteiger partial charge is 0.276 e. The molecule has 5 nitrogen and oxygen atoms in total. The van der Waals surface area contributed by atoms with Gasteiger partial charge in [-0.3, -0.25) is 9.78 Å². The third-order valence-electron chi connectivity index (χ3n) is 2.77. The molecule has 0 amide bonds. The van der Waals surface area contributed by atoms with E-state index in [9.17, 15) is 4.79 Å². The van der Waals surface area contributed by atoms with Crippen LogP contribution in [0.3, 0.4) is 0 Å². The quantitative estimate of drug-likeness (QED) is 0.834. The lowest BCUT2D eigenvalue weighted by Gasteiger charge is -2.11. The number of rotatable bonds is 4. The van der Waals surface area contributed by atoms with Crippen LogP contribution in [-0.4, -0.2) is 27.2 Å². The van der Waals surface area contributed by atoms with E-state index in [0.29, 0.717) is 23.4 Å². The van der Waals surface area contributed by atoms with Crippen molar-refractivity contribution in [2.75, 3.05) is 6.61 Å². The van der Waals surface area contributed by atoms with Crippen molar-refractivity contribution in [1.82, 2.24) is 14.5 Å². The van der Waals surface area contributed by atoms with E-state index < -0.39 is 0 Å². The molecule has 0 bridgehead atoms. The molecular formula is C12H17N3O2S. The van der Waals surface area contributed by atoms with Crippen LogP contribution < -0.4 is 5.56 Å². The van der Waals surface area contributed by atoms with Crippen molar-refractivity contribution in [3.05, 3.63) is 26.9 Å². The van der Waals surface area contributed by atoms with E-state index >= 15 is 0 Å². The number of aryl methyl sites for hydroxylation is 1. The number of fused-ring (bicyclic) bond motifs is 1. The molecule has 6 heteroatoms. The molecule has 2 aromatic rings. The fourth-order valence-electron chi connectivity index (χ4n) is 1.96. The van der Waals surface area contributed by atoms with Crippen LogP contribution in [0, 0.1) is 11.7 Å². The normalized spacial score (nSPS) is 11.6. The number of H-pyrrole nitrogens is 2. The van der Waals surface area contributed by atoms with E-state index in [1.54, 1.807) is 0 Å². The first-order valence-electron chi connectivity index (χ1n) is 5.93. The van der Waals surface area contributed by atoms with Crippen molar-refractivity contribution in [2.24, 2.45) is 0 Å². The number of hydrogen-bond acceptors (Lipinski definition) is 3. The Kier molecular flexibility index (Phi) is 3.68. The van der Waals surface area contributed by atoms with Crippen LogP contribution in [0.4, 0.5) is 0 Å². The number of aromatic nitrogens is 3. The van der Waals surface area contributed by atoms with E-state index in [4.69, 9.17) is 17.0 Å². The van der Waals surface area contributed by atoms with Gasteiger partial charge in [0.25, 0.3) is 5.56 Å². The SMILES string of the molecule is Cc1c[nH]c2c(=O)[nH]c(=S)n(CCOC(C)C)c12. The largest absolute Gasteiger partial charge is 0.377 e. The third-order valence-corrected chi connectivity index (χ3v) is 3.09. The number of aromatic amines is 2. The summed E-state index contributed by atoms with van der Waals surface area (Å²) in [6, 6.07) is 0. The summed E-state index contributed by atoms with van der Waals surface area (Å²) in [6.07, 6.45) is 2.00. The Balaban J connectivity index is 2.46. The Bertz CT molecular complexity index is 666. The summed E-state index contributed by atoms with van der Waals surface area (Å²) < 4.78 is 7.86. The summed E-state index contributed by atoms with van der Waals surface area (Å²) >= 11 is 5.21. The van der Waals surface area contributed by atoms with Gasteiger partial charge in [0.2, 0.25) is 0 Å². The first-order valence-corrected chi connectivity index (χ1v) is 6.34. The van der Waals surface area contributed by atoms with Gasteiger partial charge in [0.15, 0.2) is 4.77 Å². The van der Waals surface area contributed by atoms with E-state index in [-0.39, 0.29) is 11.7 Å². The maximum atomic E-state index is 11.7. The third kappa shape index (κ3) is 2.39. The van der Waals surface area contributed by atoms with Crippen molar-refractivity contribution in [1.29, 1.82) is 0 Å². The molecule has 18 heavy (non-hydrogen) atoms. The van der Waals surface area contributed by atoms with E-state index in [0.717, 1.165) is 11.1 Å². The predicted molar refractivity (Wildman–Crippen MR) is 73.6 cm³/mol. The first-order chi connectivity index (χ1) is 8.50. The highest BCUT2D eigenvalue weighted by Crippen LogP contribution is 2.14. The summed E-state index contributed by atoms with van der Waals surface area (Å²) in [4.78, 5) is 17.4. The Labute approximate surface area is 110 Å². The molecule has 0 fully saturated rings. The van der Waals surface area contributed by atoms with Crippen molar-refractivity contribution >= 4 is 23.3 Å². The Hall–Kier alpha value is -1.40. The zero-order valence-electron chi connectivity index (χ0n) is 10.7. The second-order valence-electron chi connectivity index (χ2n) is 4.53. The zero-order chi connectivity index (χ0) is 13.3. The van der Waals surface area contributed by atoms with E-state index in [1.165, 1.54) is 0 Å². The Morgan fingerprint density at radius 2 is 2.22 bits per heavy atom. The number of ether oxygens (including phenoxy) is 1. The van der Waals surface area contributed by atoms with Crippen LogP contribution in [0.15, 0.2) is 11.0 Å². The summed E-state index contributed by atoms with van der Waals surface area (Å²) in [7, 11) is 0. The summed E-state index contributed by atoms with van der Waals surface area (Å²) in [5.74, 6) is 0. The van der Waals surface area contributed by atoms with Gasteiger partial charge in [-0.15, -0.1) is 0 Å². The van der Waals surface area contributed by atoms with Gasteiger partial charge in [0, 0.05) is 12.7 Å². The second-order valence-corrected chi connectivity index (χ2v) is 4.91. The minimum Gasteiger partial charge on any atom is -0.377 e. The minimum atomic E-state index is -0.177. The molecule has 0 aliphatic heterocycles. The number of nitrogens with zero attached hydrogens (tertiary/aromatic N) is 1. The van der Waals surface area contributed by atoms with Crippen LogP contribution in [-0.2, 0) is 11.3 Å². The molecule has 98 valence electrons. The molecule has 0 spiro atoms. The minimum absolute atomic E-state index is 0.177. The Morgan fingerprint density at radius 1 is 1.50 bits per heavy atom. The van der Waals surface area contributed by atoms with Crippen LogP contribution >= 0.6 is 12.2 Å². The number of nitrogens with one attached hydrogen (secondary N) is 2. The van der Waals surface area contributed by atoms with Gasteiger partial charge < -0.3 is 14.3 Å². The highest BCUT2D eigenvalue weighted by molar-refractivity contribution is 7.71. The lowest BCUT2D eigenvalue weighted by Crippen LogP contribution is -2.17. The van der Waals surface area contributed by atoms with Gasteiger partial charge in [-0.05, 0) is 38.6 Å². The standard InChI is InChI=1S/C12H17N3O2S/c1-7(2)17-5-4-15-10-8(3)6-13-9(10)11(16)14-12(15)18/h6-7,13H,4-5H2,1-3H3,(H,14,16,18). The summed E-state index contributed by atoms with van der Waals surface area (Å²) in [6.45, 7) is 7.13. The highest BCUT2D eigenvalue weighted by Gasteiger charge is 2.09. The Morgan fingerprint density at radius 3 is 2.89 bits per heavy atom. The fraction of sp³-hybridized carbons (Fsp3) is 0.500. The lowest BCUT2D eigenvalue weighted by atomic mass is 10.3. The molecule has 0 saturated carbocycles. The van der Waals surface area contributed by atoms with E-state index in [2.05, 4.69) is 9.97 Å². The summed E-state index contributed by atoms with van der Waals surface area (Å²) in [5.41, 5.74) is 2.25. The van der Waals surface area contributed by atoms with Gasteiger partial charge in [-0.25, -0.2) is 0 Å². The molecule has 2 rings (SSSR count). The van der Waals surface area contributed by atoms with Crippen molar-refractivity contribution < 1.29 is 4.74 Å². The summed E-state index contributed by atoms with van der Waals surface area (Å²) in [5, 5.41) is 0. The van der Waals surface area contributed by atoms with Crippen molar-refractivity contribution in [3.63, 3.8) is 0 Å². The zero-order valence-corrected chi connectivity index (χ0v) is 11.6. The van der Waals surface area contributed by atoms with Crippen LogP contribution in [0.5, 0.6) is 0 Å². The van der Waals surface area contributed by atoms with Crippen LogP contribution in [0.2, 0.25) is 0 Å². The topological polar surface area (TPSA) is 62.8 Å². The molecule has 0 radical (unpaired) electrons. The molecule has 0 atom stereocenters. The van der Waals surface area contributed by atoms with Gasteiger partial charge >= 0.3 is 0 Å². The highest BCUT2D eigenvalue weighted by atomic mass is 32.1. The molecule has 0 aromatic carbocycles. The monoisotopic (exact) mass is 267 g/mol. The fourth-order valence-corrected chi connectivity index (χ4v) is 2.23. The molecule has 2 heterocycles. The molecule has 0 saturated heterocycles. The second kappa shape index (κ2) is 5.07. The molecule has 2 N–H and O–H groups in total. The van der Waals surface area contributed by atoms with Gasteiger partial charge in [0.1, 0.15) is 5.52 Å². The predicted octanol–water partition coefficient (Wildman–Crippen LogP) is 2.12. The molecule has 0 aliphatic carbocycles. The van der Waals surface area contributed by atoms with Crippen LogP contribution in [0.1, 0.15) is 19.4 Å². The van der Waals surface area contributed by atoms with Crippen molar-refractivity contribution in [3.8, 4) is 0 Å². The van der Waals surface area contributed by atoms with Gasteiger partial charge in [-0.2, -0.15) is 0 Å². The molecule has 2 aromatic heterocycles. The maximum Gasteiger partial charge on any atom is 0.276 e. The van der Waals surface area contributed by atoms with Crippen molar-refractivity contribution in [2.45, 2.75) is 33.4 Å². The van der Waals surface area contributed by atoms with Crippen LogP contribution in [0.25, 0.3) is 11.0 Å². The lowest BCUT2D eigenvalue weighted by molar-refractivity contribution is 0.0729. The molecular weight excluding hydrogens is 250 g/mol. The maximum absolute atomic E-state index is 11.7. The number of hydrogen-bond donors (Lipinski definition) is 2.